The average molecular weight is 288 g/mol. The van der Waals surface area contributed by atoms with E-state index >= 15 is 0 Å². The molecule has 1 aliphatic rings. The molecule has 2 unspecified atom stereocenters. The van der Waals surface area contributed by atoms with Gasteiger partial charge in [-0.3, -0.25) is 14.5 Å². The molecule has 2 amide bonds. The molecule has 114 valence electrons. The van der Waals surface area contributed by atoms with E-state index in [0.29, 0.717) is 18.8 Å². The van der Waals surface area contributed by atoms with E-state index in [4.69, 9.17) is 0 Å². The molecular weight excluding hydrogens is 264 g/mol. The Morgan fingerprint density at radius 3 is 2.33 bits per heavy atom. The van der Waals surface area contributed by atoms with Crippen LogP contribution in [0.3, 0.4) is 0 Å². The van der Waals surface area contributed by atoms with Crippen molar-refractivity contribution in [2.24, 2.45) is 5.92 Å². The van der Waals surface area contributed by atoms with E-state index in [2.05, 4.69) is 19.2 Å². The van der Waals surface area contributed by atoms with Crippen molar-refractivity contribution in [3.8, 4) is 0 Å². The van der Waals surface area contributed by atoms with Crippen molar-refractivity contribution in [2.45, 2.75) is 52.6 Å². The topological polar surface area (TPSA) is 49.4 Å². The predicted octanol–water partition coefficient (Wildman–Crippen LogP) is 2.65. The van der Waals surface area contributed by atoms with E-state index in [9.17, 15) is 9.59 Å². The summed E-state index contributed by atoms with van der Waals surface area (Å²) in [6, 6.07) is 6.95. The molecule has 0 aromatic heterocycles. The van der Waals surface area contributed by atoms with Crippen LogP contribution in [0, 0.1) is 12.8 Å². The highest BCUT2D eigenvalue weighted by atomic mass is 16.2. The molecule has 1 fully saturated rings. The predicted molar refractivity (Wildman–Crippen MR) is 84.1 cm³/mol. The van der Waals surface area contributed by atoms with Gasteiger partial charge < -0.3 is 5.32 Å². The van der Waals surface area contributed by atoms with E-state index < -0.39 is 12.1 Å². The normalized spacial score (nSPS) is 22.6. The van der Waals surface area contributed by atoms with Gasteiger partial charge in [-0.05, 0) is 37.8 Å². The SMILES string of the molecule is CCC1C(=O)NC(CC(C)C)C(=O)N1c1ccc(C)cc1. The minimum Gasteiger partial charge on any atom is -0.342 e. The first-order valence-corrected chi connectivity index (χ1v) is 7.64. The lowest BCUT2D eigenvalue weighted by atomic mass is 9.97. The lowest BCUT2D eigenvalue weighted by Gasteiger charge is -2.39. The second kappa shape index (κ2) is 6.29. The molecule has 1 aliphatic heterocycles. The molecule has 4 heteroatoms. The van der Waals surface area contributed by atoms with Crippen LogP contribution in [-0.2, 0) is 9.59 Å². The lowest BCUT2D eigenvalue weighted by molar-refractivity contribution is -0.134. The molecular formula is C17H24N2O2. The summed E-state index contributed by atoms with van der Waals surface area (Å²) in [6.07, 6.45) is 1.28. The number of hydrogen-bond donors (Lipinski definition) is 1. The number of anilines is 1. The highest BCUT2D eigenvalue weighted by molar-refractivity contribution is 6.08. The van der Waals surface area contributed by atoms with Crippen molar-refractivity contribution in [3.05, 3.63) is 29.8 Å². The smallest absolute Gasteiger partial charge is 0.250 e. The number of amides is 2. The van der Waals surface area contributed by atoms with Crippen LogP contribution in [-0.4, -0.2) is 23.9 Å². The van der Waals surface area contributed by atoms with Gasteiger partial charge >= 0.3 is 0 Å². The molecule has 0 bridgehead atoms. The van der Waals surface area contributed by atoms with Crippen LogP contribution in [0.15, 0.2) is 24.3 Å². The molecule has 0 saturated carbocycles. The fourth-order valence-corrected chi connectivity index (χ4v) is 2.78. The first kappa shape index (κ1) is 15.5. The van der Waals surface area contributed by atoms with Crippen LogP contribution >= 0.6 is 0 Å². The Bertz CT molecular complexity index is 522. The lowest BCUT2D eigenvalue weighted by Crippen LogP contribution is -2.63. The highest BCUT2D eigenvalue weighted by Gasteiger charge is 2.40. The van der Waals surface area contributed by atoms with Crippen molar-refractivity contribution in [3.63, 3.8) is 0 Å². The Balaban J connectivity index is 2.34. The van der Waals surface area contributed by atoms with E-state index in [1.54, 1.807) is 4.90 Å². The van der Waals surface area contributed by atoms with Crippen LogP contribution < -0.4 is 10.2 Å². The van der Waals surface area contributed by atoms with E-state index in [0.717, 1.165) is 11.3 Å². The largest absolute Gasteiger partial charge is 0.342 e. The summed E-state index contributed by atoms with van der Waals surface area (Å²) in [5.74, 6) is 0.305. The Labute approximate surface area is 126 Å². The van der Waals surface area contributed by atoms with E-state index in [1.807, 2.05) is 38.1 Å². The maximum Gasteiger partial charge on any atom is 0.250 e. The third kappa shape index (κ3) is 3.26. The third-order valence-electron chi connectivity index (χ3n) is 3.87. The Morgan fingerprint density at radius 2 is 1.81 bits per heavy atom. The van der Waals surface area contributed by atoms with Crippen LogP contribution in [0.2, 0.25) is 0 Å². The highest BCUT2D eigenvalue weighted by Crippen LogP contribution is 2.25. The van der Waals surface area contributed by atoms with Crippen molar-refractivity contribution in [1.82, 2.24) is 5.32 Å². The fourth-order valence-electron chi connectivity index (χ4n) is 2.78. The second-order valence-corrected chi connectivity index (χ2v) is 6.16. The Morgan fingerprint density at radius 1 is 1.19 bits per heavy atom. The number of nitrogens with zero attached hydrogens (tertiary/aromatic N) is 1. The van der Waals surface area contributed by atoms with Gasteiger partial charge in [0, 0.05) is 5.69 Å². The van der Waals surface area contributed by atoms with Gasteiger partial charge in [0.15, 0.2) is 0 Å². The van der Waals surface area contributed by atoms with Gasteiger partial charge in [0.1, 0.15) is 12.1 Å². The van der Waals surface area contributed by atoms with Gasteiger partial charge in [0.2, 0.25) is 11.8 Å². The third-order valence-corrected chi connectivity index (χ3v) is 3.87. The molecule has 1 N–H and O–H groups in total. The zero-order chi connectivity index (χ0) is 15.6. The minimum atomic E-state index is -0.415. The van der Waals surface area contributed by atoms with Gasteiger partial charge in [-0.1, -0.05) is 38.5 Å². The number of hydrogen-bond acceptors (Lipinski definition) is 2. The number of piperazine rings is 1. The molecule has 1 aromatic carbocycles. The summed E-state index contributed by atoms with van der Waals surface area (Å²) >= 11 is 0. The zero-order valence-corrected chi connectivity index (χ0v) is 13.2. The van der Waals surface area contributed by atoms with Gasteiger partial charge in [-0.15, -0.1) is 0 Å². The molecule has 1 saturated heterocycles. The summed E-state index contributed by atoms with van der Waals surface area (Å²) < 4.78 is 0. The van der Waals surface area contributed by atoms with Crippen molar-refractivity contribution in [2.75, 3.05) is 4.90 Å². The molecule has 4 nitrogen and oxygen atoms in total. The molecule has 0 aliphatic carbocycles. The molecule has 21 heavy (non-hydrogen) atoms. The number of aryl methyl sites for hydroxylation is 1. The fraction of sp³-hybridized carbons (Fsp3) is 0.529. The Kier molecular flexibility index (Phi) is 4.66. The first-order chi connectivity index (χ1) is 9.93. The quantitative estimate of drug-likeness (QED) is 0.926. The van der Waals surface area contributed by atoms with Crippen molar-refractivity contribution >= 4 is 17.5 Å². The second-order valence-electron chi connectivity index (χ2n) is 6.16. The van der Waals surface area contributed by atoms with Crippen molar-refractivity contribution < 1.29 is 9.59 Å². The van der Waals surface area contributed by atoms with Crippen LogP contribution in [0.4, 0.5) is 5.69 Å². The van der Waals surface area contributed by atoms with Crippen LogP contribution in [0.25, 0.3) is 0 Å². The number of carbonyl (C=O) groups excluding carboxylic acids is 2. The van der Waals surface area contributed by atoms with E-state index in [1.165, 1.54) is 0 Å². The number of carbonyl (C=O) groups is 2. The summed E-state index contributed by atoms with van der Waals surface area (Å²) in [4.78, 5) is 26.8. The summed E-state index contributed by atoms with van der Waals surface area (Å²) in [6.45, 7) is 8.05. The van der Waals surface area contributed by atoms with Gasteiger partial charge in [0.05, 0.1) is 0 Å². The number of benzene rings is 1. The molecule has 2 atom stereocenters. The summed E-state index contributed by atoms with van der Waals surface area (Å²) in [5.41, 5.74) is 1.94. The average Bonchev–Trinajstić information content (AvgIpc) is 2.43. The first-order valence-electron chi connectivity index (χ1n) is 7.64. The monoisotopic (exact) mass is 288 g/mol. The minimum absolute atomic E-state index is 0.000923. The molecule has 1 aromatic rings. The van der Waals surface area contributed by atoms with Crippen LogP contribution in [0.5, 0.6) is 0 Å². The van der Waals surface area contributed by atoms with Gasteiger partial charge in [-0.2, -0.15) is 0 Å². The summed E-state index contributed by atoms with van der Waals surface area (Å²) in [7, 11) is 0. The molecule has 0 spiro atoms. The maximum atomic E-state index is 12.8. The Hall–Kier alpha value is -1.84. The number of nitrogens with one attached hydrogen (secondary N) is 1. The number of rotatable bonds is 4. The van der Waals surface area contributed by atoms with E-state index in [-0.39, 0.29) is 11.8 Å². The van der Waals surface area contributed by atoms with Gasteiger partial charge in [-0.25, -0.2) is 0 Å². The zero-order valence-electron chi connectivity index (χ0n) is 13.2. The molecule has 0 radical (unpaired) electrons. The van der Waals surface area contributed by atoms with Crippen molar-refractivity contribution in [1.29, 1.82) is 0 Å². The van der Waals surface area contributed by atoms with Gasteiger partial charge in [0.25, 0.3) is 0 Å². The van der Waals surface area contributed by atoms with Crippen LogP contribution in [0.1, 0.15) is 39.2 Å². The summed E-state index contributed by atoms with van der Waals surface area (Å²) in [5, 5.41) is 2.88. The molecule has 1 heterocycles. The standard InChI is InChI=1S/C17H24N2O2/c1-5-15-16(20)18-14(10-11(2)3)17(21)19(15)13-8-6-12(4)7-9-13/h6-9,11,14-15H,5,10H2,1-4H3,(H,18,20). The molecule has 2 rings (SSSR count). The maximum absolute atomic E-state index is 12.8.